The molecule has 3 rings (SSSR count). The van der Waals surface area contributed by atoms with Gasteiger partial charge in [0, 0.05) is 23.7 Å². The van der Waals surface area contributed by atoms with Crippen LogP contribution in [-0.2, 0) is 24.4 Å². The van der Waals surface area contributed by atoms with Gasteiger partial charge in [0.05, 0.1) is 30.9 Å². The summed E-state index contributed by atoms with van der Waals surface area (Å²) < 4.78 is 37.5. The van der Waals surface area contributed by atoms with E-state index < -0.39 is 22.5 Å². The minimum atomic E-state index is -3.74. The third-order valence-corrected chi connectivity index (χ3v) is 6.66. The number of nitrogens with one attached hydrogen (secondary N) is 1. The number of oxime groups is 1. The number of morpholine rings is 1. The Labute approximate surface area is 190 Å². The summed E-state index contributed by atoms with van der Waals surface area (Å²) in [5, 5.41) is 6.76. The number of methoxy groups -OCH3 is 1. The highest BCUT2D eigenvalue weighted by molar-refractivity contribution is 7.89. The largest absolute Gasteiger partial charge is 0.495 e. The van der Waals surface area contributed by atoms with E-state index in [9.17, 15) is 13.2 Å². The maximum absolute atomic E-state index is 12.9. The number of nitrogens with zero attached hydrogens (tertiary/aromatic N) is 2. The molecule has 1 fully saturated rings. The first kappa shape index (κ1) is 23.8. The number of amides is 1. The molecule has 0 saturated carbocycles. The Morgan fingerprint density at radius 1 is 1.25 bits per heavy atom. The number of ether oxygens (including phenoxy) is 2. The zero-order chi connectivity index (χ0) is 23.1. The Morgan fingerprint density at radius 2 is 2.00 bits per heavy atom. The first-order valence-corrected chi connectivity index (χ1v) is 11.4. The van der Waals surface area contributed by atoms with Gasteiger partial charge < -0.3 is 25.4 Å². The number of rotatable bonds is 8. The predicted molar refractivity (Wildman–Crippen MR) is 119 cm³/mol. The van der Waals surface area contributed by atoms with Crippen LogP contribution in [0.1, 0.15) is 5.56 Å². The Bertz CT molecular complexity index is 1100. The van der Waals surface area contributed by atoms with Crippen molar-refractivity contribution in [2.24, 2.45) is 10.9 Å². The van der Waals surface area contributed by atoms with Gasteiger partial charge in [-0.15, -0.1) is 0 Å². The van der Waals surface area contributed by atoms with Crippen LogP contribution in [0.4, 0.5) is 5.69 Å². The first-order chi connectivity index (χ1) is 15.3. The molecule has 1 heterocycles. The normalized spacial score (nSPS) is 15.2. The van der Waals surface area contributed by atoms with Crippen molar-refractivity contribution >= 4 is 39.1 Å². The molecule has 3 N–H and O–H groups in total. The molecule has 12 heteroatoms. The molecule has 1 aliphatic heterocycles. The monoisotopic (exact) mass is 482 g/mol. The van der Waals surface area contributed by atoms with Gasteiger partial charge in [-0.05, 0) is 30.3 Å². The first-order valence-electron chi connectivity index (χ1n) is 9.58. The second-order valence-electron chi connectivity index (χ2n) is 6.69. The van der Waals surface area contributed by atoms with Crippen LogP contribution in [0.3, 0.4) is 0 Å². The number of sulfonamides is 1. The highest BCUT2D eigenvalue weighted by atomic mass is 35.5. The summed E-state index contributed by atoms with van der Waals surface area (Å²) in [6.07, 6.45) is 0. The Kier molecular flexibility index (Phi) is 7.91. The number of nitrogens with two attached hydrogens (primary N) is 1. The molecule has 0 spiro atoms. The lowest BCUT2D eigenvalue weighted by Gasteiger charge is -2.26. The molecule has 172 valence electrons. The zero-order valence-electron chi connectivity index (χ0n) is 17.3. The maximum atomic E-state index is 12.9. The fourth-order valence-electron chi connectivity index (χ4n) is 2.93. The van der Waals surface area contributed by atoms with Gasteiger partial charge in [0.25, 0.3) is 5.91 Å². The second-order valence-corrected chi connectivity index (χ2v) is 9.06. The summed E-state index contributed by atoms with van der Waals surface area (Å²) in [6, 6.07) is 10.9. The Morgan fingerprint density at radius 3 is 2.69 bits per heavy atom. The molecule has 0 radical (unpaired) electrons. The van der Waals surface area contributed by atoms with Gasteiger partial charge in [-0.25, -0.2) is 8.42 Å². The minimum absolute atomic E-state index is 0.0274. The third kappa shape index (κ3) is 5.88. The van der Waals surface area contributed by atoms with E-state index in [1.165, 1.54) is 29.6 Å². The fourth-order valence-corrected chi connectivity index (χ4v) is 4.55. The highest BCUT2D eigenvalue weighted by Crippen LogP contribution is 2.29. The molecule has 2 aromatic rings. The lowest BCUT2D eigenvalue weighted by molar-refractivity contribution is -0.120. The van der Waals surface area contributed by atoms with Crippen LogP contribution >= 0.6 is 11.6 Å². The lowest BCUT2D eigenvalue weighted by atomic mass is 10.2. The number of hydrogen-bond acceptors (Lipinski definition) is 7. The van der Waals surface area contributed by atoms with Crippen molar-refractivity contribution in [1.82, 2.24) is 4.31 Å². The maximum Gasteiger partial charge on any atom is 0.265 e. The van der Waals surface area contributed by atoms with Crippen molar-refractivity contribution in [3.63, 3.8) is 0 Å². The quantitative estimate of drug-likeness (QED) is 0.332. The van der Waals surface area contributed by atoms with E-state index in [1.54, 1.807) is 24.3 Å². The van der Waals surface area contributed by atoms with E-state index >= 15 is 0 Å². The van der Waals surface area contributed by atoms with Crippen LogP contribution in [0, 0.1) is 0 Å². The molecule has 1 aliphatic rings. The highest BCUT2D eigenvalue weighted by Gasteiger charge is 2.27. The van der Waals surface area contributed by atoms with Crippen molar-refractivity contribution in [2.45, 2.75) is 4.90 Å². The number of amidine groups is 1. The number of hydrogen-bond donors (Lipinski definition) is 2. The van der Waals surface area contributed by atoms with Crippen molar-refractivity contribution in [3.8, 4) is 5.75 Å². The van der Waals surface area contributed by atoms with Gasteiger partial charge >= 0.3 is 0 Å². The van der Waals surface area contributed by atoms with Crippen LogP contribution in [0.25, 0.3) is 0 Å². The lowest BCUT2D eigenvalue weighted by Crippen LogP contribution is -2.40. The van der Waals surface area contributed by atoms with Crippen LogP contribution in [0.2, 0.25) is 5.02 Å². The molecular formula is C20H23ClN4O6S. The smallest absolute Gasteiger partial charge is 0.265 e. The van der Waals surface area contributed by atoms with Crippen molar-refractivity contribution < 1.29 is 27.5 Å². The van der Waals surface area contributed by atoms with Crippen LogP contribution in [-0.4, -0.2) is 64.5 Å². The third-order valence-electron chi connectivity index (χ3n) is 4.53. The van der Waals surface area contributed by atoms with Gasteiger partial charge in [-0.1, -0.05) is 28.9 Å². The van der Waals surface area contributed by atoms with Crippen LogP contribution in [0.5, 0.6) is 5.75 Å². The van der Waals surface area contributed by atoms with Crippen molar-refractivity contribution in [2.75, 3.05) is 45.3 Å². The van der Waals surface area contributed by atoms with Crippen LogP contribution in [0.15, 0.2) is 52.5 Å². The summed E-state index contributed by atoms with van der Waals surface area (Å²) in [5.74, 6) is -0.232. The zero-order valence-corrected chi connectivity index (χ0v) is 18.9. The predicted octanol–water partition coefficient (Wildman–Crippen LogP) is 1.65. The Hall–Kier alpha value is -2.86. The average molecular weight is 483 g/mol. The van der Waals surface area contributed by atoms with E-state index in [0.717, 1.165) is 0 Å². The number of halogens is 1. The molecule has 0 unspecified atom stereocenters. The number of carbonyl (C=O) groups excluding carboxylic acids is 1. The topological polar surface area (TPSA) is 133 Å². The average Bonchev–Trinajstić information content (AvgIpc) is 2.79. The molecule has 32 heavy (non-hydrogen) atoms. The summed E-state index contributed by atoms with van der Waals surface area (Å²) in [6.45, 7) is 0.723. The van der Waals surface area contributed by atoms with E-state index in [4.69, 9.17) is 31.6 Å². The summed E-state index contributed by atoms with van der Waals surface area (Å²) in [5.41, 5.74) is 6.55. The summed E-state index contributed by atoms with van der Waals surface area (Å²) in [7, 11) is -2.33. The number of anilines is 1. The van der Waals surface area contributed by atoms with Gasteiger partial charge in [0.2, 0.25) is 10.0 Å². The van der Waals surface area contributed by atoms with Crippen molar-refractivity contribution in [1.29, 1.82) is 0 Å². The van der Waals surface area contributed by atoms with E-state index in [1.807, 2.05) is 0 Å². The SMILES string of the molecule is COc1ccc(S(=O)(=O)N2CCOCC2)cc1NC(=O)CO/N=C(/N)c1cccc(Cl)c1. The molecule has 10 nitrogen and oxygen atoms in total. The van der Waals surface area contributed by atoms with E-state index in [2.05, 4.69) is 10.5 Å². The standard InChI is InChI=1S/C20H23ClN4O6S/c1-29-18-6-5-16(32(27,28)25-7-9-30-10-8-25)12-17(18)23-19(26)13-31-24-20(22)14-3-2-4-15(21)11-14/h2-6,11-12H,7-10,13H2,1H3,(H2,22,24)(H,23,26). The number of carbonyl (C=O) groups is 1. The summed E-state index contributed by atoms with van der Waals surface area (Å²) >= 11 is 5.91. The molecule has 0 atom stereocenters. The minimum Gasteiger partial charge on any atom is -0.495 e. The van der Waals surface area contributed by atoms with E-state index in [-0.39, 0.29) is 29.5 Å². The van der Waals surface area contributed by atoms with Gasteiger partial charge in [-0.3, -0.25) is 4.79 Å². The summed E-state index contributed by atoms with van der Waals surface area (Å²) in [4.78, 5) is 17.4. The fraction of sp³-hybridized carbons (Fsp3) is 0.300. The van der Waals surface area contributed by atoms with Gasteiger partial charge in [-0.2, -0.15) is 4.31 Å². The van der Waals surface area contributed by atoms with Gasteiger partial charge in [0.15, 0.2) is 12.4 Å². The molecule has 2 aromatic carbocycles. The number of benzene rings is 2. The molecule has 1 amide bonds. The molecule has 1 saturated heterocycles. The molecular weight excluding hydrogens is 460 g/mol. The van der Waals surface area contributed by atoms with Crippen LogP contribution < -0.4 is 15.8 Å². The van der Waals surface area contributed by atoms with E-state index in [0.29, 0.717) is 29.5 Å². The molecule has 0 bridgehead atoms. The van der Waals surface area contributed by atoms with Crippen molar-refractivity contribution in [3.05, 3.63) is 53.1 Å². The molecule has 0 aliphatic carbocycles. The van der Waals surface area contributed by atoms with Gasteiger partial charge in [0.1, 0.15) is 5.75 Å². The Balaban J connectivity index is 1.68. The molecule has 0 aromatic heterocycles. The second kappa shape index (κ2) is 10.6.